The van der Waals surface area contributed by atoms with Crippen molar-refractivity contribution in [3.05, 3.63) is 23.0 Å². The van der Waals surface area contributed by atoms with E-state index in [-0.39, 0.29) is 5.41 Å². The van der Waals surface area contributed by atoms with E-state index in [2.05, 4.69) is 38.3 Å². The van der Waals surface area contributed by atoms with Crippen molar-refractivity contribution < 1.29 is 4.79 Å². The lowest BCUT2D eigenvalue weighted by atomic mass is 9.76. The van der Waals surface area contributed by atoms with Gasteiger partial charge in [-0.05, 0) is 37.2 Å². The third-order valence-electron chi connectivity index (χ3n) is 4.32. The molecular formula is C15H21NO. The highest BCUT2D eigenvalue weighted by molar-refractivity contribution is 5.99. The molecule has 92 valence electrons. The monoisotopic (exact) mass is 231 g/mol. The fourth-order valence-electron chi connectivity index (χ4n) is 3.30. The Morgan fingerprint density at radius 2 is 2.00 bits per heavy atom. The van der Waals surface area contributed by atoms with Gasteiger partial charge in [0.05, 0.1) is 0 Å². The van der Waals surface area contributed by atoms with Gasteiger partial charge in [0.2, 0.25) is 0 Å². The number of carbonyl (C=O) groups excluding carboxylic acids is 1. The molecule has 1 saturated carbocycles. The number of carbonyl (C=O) groups is 1. The van der Waals surface area contributed by atoms with E-state index < -0.39 is 0 Å². The van der Waals surface area contributed by atoms with Crippen LogP contribution in [0.1, 0.15) is 61.4 Å². The summed E-state index contributed by atoms with van der Waals surface area (Å²) < 4.78 is 2.44. The minimum absolute atomic E-state index is 0.130. The quantitative estimate of drug-likeness (QED) is 0.724. The van der Waals surface area contributed by atoms with Crippen LogP contribution in [0.5, 0.6) is 0 Å². The van der Waals surface area contributed by atoms with Gasteiger partial charge in [-0.3, -0.25) is 4.79 Å². The molecule has 17 heavy (non-hydrogen) atoms. The Bertz CT molecular complexity index is 495. The molecule has 1 heterocycles. The minimum Gasteiger partial charge on any atom is -0.345 e. The molecule has 2 aliphatic carbocycles. The van der Waals surface area contributed by atoms with Gasteiger partial charge in [-0.1, -0.05) is 20.8 Å². The molecule has 2 unspecified atom stereocenters. The maximum absolute atomic E-state index is 12.2. The van der Waals surface area contributed by atoms with E-state index in [1.165, 1.54) is 17.8 Å². The number of nitrogens with zero attached hydrogens (tertiary/aromatic N) is 1. The first-order chi connectivity index (χ1) is 7.89. The highest BCUT2D eigenvalue weighted by Crippen LogP contribution is 2.47. The second-order valence-corrected chi connectivity index (χ2v) is 6.74. The van der Waals surface area contributed by atoms with Crippen molar-refractivity contribution >= 4 is 5.78 Å². The number of rotatable bonds is 1. The highest BCUT2D eigenvalue weighted by atomic mass is 16.1. The van der Waals surface area contributed by atoms with Gasteiger partial charge in [0.25, 0.3) is 0 Å². The van der Waals surface area contributed by atoms with E-state index in [9.17, 15) is 4.79 Å². The first kappa shape index (κ1) is 11.1. The summed E-state index contributed by atoms with van der Waals surface area (Å²) in [6.07, 6.45) is 3.02. The van der Waals surface area contributed by atoms with Crippen LogP contribution in [-0.2, 0) is 6.42 Å². The molecule has 0 aromatic carbocycles. The van der Waals surface area contributed by atoms with Gasteiger partial charge in [0.1, 0.15) is 0 Å². The average molecular weight is 231 g/mol. The summed E-state index contributed by atoms with van der Waals surface area (Å²) in [5.74, 6) is 1.12. The van der Waals surface area contributed by atoms with Gasteiger partial charge in [-0.25, -0.2) is 0 Å². The zero-order valence-electron chi connectivity index (χ0n) is 11.2. The van der Waals surface area contributed by atoms with Crippen LogP contribution in [0.25, 0.3) is 0 Å². The maximum Gasteiger partial charge on any atom is 0.165 e. The molecular weight excluding hydrogens is 210 g/mol. The molecule has 0 amide bonds. The molecule has 2 atom stereocenters. The van der Waals surface area contributed by atoms with Gasteiger partial charge in [-0.2, -0.15) is 0 Å². The van der Waals surface area contributed by atoms with Crippen molar-refractivity contribution in [2.24, 2.45) is 11.3 Å². The van der Waals surface area contributed by atoms with Gasteiger partial charge in [0, 0.05) is 29.4 Å². The van der Waals surface area contributed by atoms with E-state index in [4.69, 9.17) is 0 Å². The second kappa shape index (κ2) is 3.24. The molecule has 0 radical (unpaired) electrons. The van der Waals surface area contributed by atoms with Crippen LogP contribution in [0.2, 0.25) is 0 Å². The number of aryl methyl sites for hydroxylation is 1. The van der Waals surface area contributed by atoms with E-state index in [1.54, 1.807) is 0 Å². The van der Waals surface area contributed by atoms with Crippen LogP contribution in [-0.4, -0.2) is 10.4 Å². The fraction of sp³-hybridized carbons (Fsp3) is 0.667. The zero-order chi connectivity index (χ0) is 12.4. The van der Waals surface area contributed by atoms with E-state index in [1.807, 2.05) is 0 Å². The highest BCUT2D eigenvalue weighted by Gasteiger charge is 2.40. The van der Waals surface area contributed by atoms with Crippen LogP contribution in [0, 0.1) is 18.3 Å². The SMILES string of the molecule is Cc1cc2c(n1C1CC1C)CC(C)(C)CC2=O. The van der Waals surface area contributed by atoms with Crippen molar-refractivity contribution in [3.63, 3.8) is 0 Å². The summed E-state index contributed by atoms with van der Waals surface area (Å²) in [4.78, 5) is 12.2. The Hall–Kier alpha value is -1.05. The van der Waals surface area contributed by atoms with E-state index in [0.717, 1.165) is 17.9 Å². The Labute approximate surface area is 103 Å². The normalized spacial score (nSPS) is 30.2. The summed E-state index contributed by atoms with van der Waals surface area (Å²) in [5, 5.41) is 0. The van der Waals surface area contributed by atoms with E-state index in [0.29, 0.717) is 18.2 Å². The number of fused-ring (bicyclic) bond motifs is 1. The topological polar surface area (TPSA) is 22.0 Å². The average Bonchev–Trinajstić information content (AvgIpc) is 2.78. The van der Waals surface area contributed by atoms with Crippen molar-refractivity contribution in [1.82, 2.24) is 4.57 Å². The standard InChI is InChI=1S/C15H21NO/c1-9-5-12(9)16-10(2)6-11-13(16)7-15(3,4)8-14(11)17/h6,9,12H,5,7-8H2,1-4H3. The first-order valence-corrected chi connectivity index (χ1v) is 6.63. The summed E-state index contributed by atoms with van der Waals surface area (Å²) in [6.45, 7) is 8.85. The molecule has 0 N–H and O–H groups in total. The summed E-state index contributed by atoms with van der Waals surface area (Å²) in [7, 11) is 0. The third kappa shape index (κ3) is 1.65. The fourth-order valence-corrected chi connectivity index (χ4v) is 3.30. The molecule has 2 heteroatoms. The van der Waals surface area contributed by atoms with E-state index >= 15 is 0 Å². The molecule has 2 aliphatic rings. The smallest absolute Gasteiger partial charge is 0.165 e. The maximum atomic E-state index is 12.2. The first-order valence-electron chi connectivity index (χ1n) is 6.63. The number of hydrogen-bond acceptors (Lipinski definition) is 1. The predicted molar refractivity (Wildman–Crippen MR) is 68.4 cm³/mol. The number of hydrogen-bond donors (Lipinski definition) is 0. The Morgan fingerprint density at radius 1 is 1.35 bits per heavy atom. The molecule has 1 aromatic rings. The van der Waals surface area contributed by atoms with Crippen LogP contribution in [0.15, 0.2) is 6.07 Å². The summed E-state index contributed by atoms with van der Waals surface area (Å²) in [5.41, 5.74) is 3.71. The number of aromatic nitrogens is 1. The lowest BCUT2D eigenvalue weighted by Crippen LogP contribution is -2.28. The lowest BCUT2D eigenvalue weighted by molar-refractivity contribution is 0.0910. The molecule has 3 rings (SSSR count). The summed E-state index contributed by atoms with van der Waals surface area (Å²) >= 11 is 0. The molecule has 0 saturated heterocycles. The molecule has 0 spiro atoms. The van der Waals surface area contributed by atoms with Crippen LogP contribution in [0.4, 0.5) is 0 Å². The Kier molecular flexibility index (Phi) is 2.11. The molecule has 0 aliphatic heterocycles. The van der Waals surface area contributed by atoms with Crippen molar-refractivity contribution in [1.29, 1.82) is 0 Å². The Morgan fingerprint density at radius 3 is 2.59 bits per heavy atom. The van der Waals surface area contributed by atoms with Gasteiger partial charge < -0.3 is 4.57 Å². The number of ketones is 1. The van der Waals surface area contributed by atoms with Crippen molar-refractivity contribution in [2.75, 3.05) is 0 Å². The number of Topliss-reactive ketones (excluding diaryl/α,β-unsaturated/α-hetero) is 1. The molecule has 2 nitrogen and oxygen atoms in total. The van der Waals surface area contributed by atoms with Crippen molar-refractivity contribution in [3.8, 4) is 0 Å². The third-order valence-corrected chi connectivity index (χ3v) is 4.32. The predicted octanol–water partition coefficient (Wildman–Crippen LogP) is 3.53. The van der Waals surface area contributed by atoms with Crippen LogP contribution in [0.3, 0.4) is 0 Å². The molecule has 0 bridgehead atoms. The van der Waals surface area contributed by atoms with Gasteiger partial charge in [0.15, 0.2) is 5.78 Å². The van der Waals surface area contributed by atoms with Crippen LogP contribution >= 0.6 is 0 Å². The zero-order valence-corrected chi connectivity index (χ0v) is 11.2. The molecule has 1 fully saturated rings. The van der Waals surface area contributed by atoms with Crippen molar-refractivity contribution in [2.45, 2.75) is 53.0 Å². The Balaban J connectivity index is 2.11. The summed E-state index contributed by atoms with van der Waals surface area (Å²) in [6, 6.07) is 2.76. The minimum atomic E-state index is 0.130. The van der Waals surface area contributed by atoms with Gasteiger partial charge >= 0.3 is 0 Å². The lowest BCUT2D eigenvalue weighted by Gasteiger charge is -2.30. The largest absolute Gasteiger partial charge is 0.345 e. The second-order valence-electron chi connectivity index (χ2n) is 6.74. The van der Waals surface area contributed by atoms with Gasteiger partial charge in [-0.15, -0.1) is 0 Å². The molecule has 1 aromatic heterocycles. The van der Waals surface area contributed by atoms with Crippen LogP contribution < -0.4 is 0 Å².